The zero-order valence-corrected chi connectivity index (χ0v) is 22.0. The molecule has 0 bridgehead atoms. The summed E-state index contributed by atoms with van der Waals surface area (Å²) in [5, 5.41) is 8.37. The lowest BCUT2D eigenvalue weighted by Gasteiger charge is -2.28. The number of anilines is 5. The third-order valence-electron chi connectivity index (χ3n) is 7.42. The monoisotopic (exact) mass is 512 g/mol. The molecule has 0 aromatic heterocycles. The minimum atomic E-state index is 1.07. The molecule has 0 saturated heterocycles. The van der Waals surface area contributed by atoms with Gasteiger partial charge in [0.2, 0.25) is 0 Å². The summed E-state index contributed by atoms with van der Waals surface area (Å²) in [6.07, 6.45) is 0. The molecule has 7 rings (SSSR count). The van der Waals surface area contributed by atoms with Crippen LogP contribution in [0.15, 0.2) is 164 Å². The third-order valence-corrected chi connectivity index (χ3v) is 7.42. The maximum Gasteiger partial charge on any atom is 0.0540 e. The molecule has 0 aliphatic heterocycles. The van der Waals surface area contributed by atoms with Crippen molar-refractivity contribution in [3.8, 4) is 11.1 Å². The first-order chi connectivity index (χ1) is 19.8. The topological polar surface area (TPSA) is 15.3 Å². The summed E-state index contributed by atoms with van der Waals surface area (Å²) in [6.45, 7) is 0. The first kappa shape index (κ1) is 23.8. The van der Waals surface area contributed by atoms with Gasteiger partial charge >= 0.3 is 0 Å². The minimum Gasteiger partial charge on any atom is -0.356 e. The molecule has 0 unspecified atom stereocenters. The fourth-order valence-electron chi connectivity index (χ4n) is 5.45. The molecule has 0 spiro atoms. The van der Waals surface area contributed by atoms with Crippen molar-refractivity contribution >= 4 is 50.0 Å². The average Bonchev–Trinajstić information content (AvgIpc) is 3.03. The normalized spacial score (nSPS) is 11.0. The molecule has 0 aliphatic rings. The number of para-hydroxylation sites is 1. The van der Waals surface area contributed by atoms with Crippen molar-refractivity contribution in [1.29, 1.82) is 0 Å². The lowest BCUT2D eigenvalue weighted by molar-refractivity contribution is 1.31. The molecule has 1 N–H and O–H groups in total. The van der Waals surface area contributed by atoms with Gasteiger partial charge in [-0.3, -0.25) is 0 Å². The molecule has 0 saturated carbocycles. The van der Waals surface area contributed by atoms with Crippen molar-refractivity contribution in [1.82, 2.24) is 0 Å². The van der Waals surface area contributed by atoms with Gasteiger partial charge < -0.3 is 10.2 Å². The molecule has 40 heavy (non-hydrogen) atoms. The molecular formula is C38H28N2. The van der Waals surface area contributed by atoms with Crippen molar-refractivity contribution < 1.29 is 0 Å². The molecule has 2 nitrogen and oxygen atoms in total. The van der Waals surface area contributed by atoms with Crippen molar-refractivity contribution in [2.45, 2.75) is 0 Å². The number of rotatable bonds is 6. The van der Waals surface area contributed by atoms with Crippen LogP contribution in [0.2, 0.25) is 0 Å². The zero-order chi connectivity index (χ0) is 26.7. The van der Waals surface area contributed by atoms with Gasteiger partial charge in [-0.15, -0.1) is 0 Å². The van der Waals surface area contributed by atoms with E-state index in [1.165, 1.54) is 44.0 Å². The van der Waals surface area contributed by atoms with E-state index in [2.05, 4.69) is 156 Å². The first-order valence-corrected chi connectivity index (χ1v) is 13.6. The first-order valence-electron chi connectivity index (χ1n) is 13.6. The lowest BCUT2D eigenvalue weighted by atomic mass is 10.0. The van der Waals surface area contributed by atoms with Crippen LogP contribution < -0.4 is 10.2 Å². The summed E-state index contributed by atoms with van der Waals surface area (Å²) in [4.78, 5) is 2.39. The molecule has 0 aliphatic carbocycles. The smallest absolute Gasteiger partial charge is 0.0540 e. The van der Waals surface area contributed by atoms with Crippen LogP contribution in [0.5, 0.6) is 0 Å². The van der Waals surface area contributed by atoms with E-state index in [9.17, 15) is 0 Å². The van der Waals surface area contributed by atoms with Gasteiger partial charge in [0.1, 0.15) is 0 Å². The SMILES string of the molecule is c1ccc(Nc2ccc(-c3ccc(N(c4cccc5ccccc45)c4cccc5ccccc45)cc3)cc2)cc1. The predicted molar refractivity (Wildman–Crippen MR) is 171 cm³/mol. The molecular weight excluding hydrogens is 484 g/mol. The zero-order valence-electron chi connectivity index (χ0n) is 22.0. The van der Waals surface area contributed by atoms with Crippen molar-refractivity contribution in [2.75, 3.05) is 10.2 Å². The Morgan fingerprint density at radius 1 is 0.350 bits per heavy atom. The van der Waals surface area contributed by atoms with Gasteiger partial charge in [0.25, 0.3) is 0 Å². The number of hydrogen-bond donors (Lipinski definition) is 1. The van der Waals surface area contributed by atoms with Crippen LogP contribution in [0.25, 0.3) is 32.7 Å². The van der Waals surface area contributed by atoms with Crippen LogP contribution in [0.4, 0.5) is 28.4 Å². The maximum absolute atomic E-state index is 3.47. The third kappa shape index (κ3) is 4.57. The van der Waals surface area contributed by atoms with Gasteiger partial charge in [0.15, 0.2) is 0 Å². The van der Waals surface area contributed by atoms with Gasteiger partial charge in [-0.1, -0.05) is 115 Å². The van der Waals surface area contributed by atoms with E-state index in [0.717, 1.165) is 17.1 Å². The second-order valence-electron chi connectivity index (χ2n) is 9.95. The number of fused-ring (bicyclic) bond motifs is 2. The van der Waals surface area contributed by atoms with E-state index in [4.69, 9.17) is 0 Å². The Labute approximate surface area is 234 Å². The van der Waals surface area contributed by atoms with Gasteiger partial charge in [0, 0.05) is 27.8 Å². The van der Waals surface area contributed by atoms with Gasteiger partial charge in [-0.2, -0.15) is 0 Å². The molecule has 190 valence electrons. The second kappa shape index (κ2) is 10.4. The molecule has 0 radical (unpaired) electrons. The molecule has 0 fully saturated rings. The Morgan fingerprint density at radius 3 is 1.38 bits per heavy atom. The molecule has 7 aromatic carbocycles. The molecule has 2 heteroatoms. The lowest BCUT2D eigenvalue weighted by Crippen LogP contribution is -2.11. The van der Waals surface area contributed by atoms with Crippen molar-refractivity contribution in [3.63, 3.8) is 0 Å². The van der Waals surface area contributed by atoms with Crippen LogP contribution >= 0.6 is 0 Å². The summed E-state index contributed by atoms with van der Waals surface area (Å²) in [5.41, 5.74) is 7.99. The van der Waals surface area contributed by atoms with E-state index in [1.807, 2.05) is 18.2 Å². The highest BCUT2D eigenvalue weighted by atomic mass is 15.1. The summed E-state index contributed by atoms with van der Waals surface area (Å²) in [6, 6.07) is 58.1. The highest BCUT2D eigenvalue weighted by molar-refractivity contribution is 6.04. The van der Waals surface area contributed by atoms with Gasteiger partial charge in [-0.25, -0.2) is 0 Å². The molecule has 7 aromatic rings. The Morgan fingerprint density at radius 2 is 0.800 bits per heavy atom. The summed E-state index contributed by atoms with van der Waals surface area (Å²) in [5.74, 6) is 0. The summed E-state index contributed by atoms with van der Waals surface area (Å²) >= 11 is 0. The number of hydrogen-bond acceptors (Lipinski definition) is 2. The van der Waals surface area contributed by atoms with Gasteiger partial charge in [-0.05, 0) is 70.4 Å². The van der Waals surface area contributed by atoms with Crippen LogP contribution in [-0.4, -0.2) is 0 Å². The van der Waals surface area contributed by atoms with E-state index in [-0.39, 0.29) is 0 Å². The Hall–Kier alpha value is -5.34. The van der Waals surface area contributed by atoms with Crippen LogP contribution in [0, 0.1) is 0 Å². The predicted octanol–water partition coefficient (Wildman–Crippen LogP) is 10.9. The number of benzene rings is 7. The fraction of sp³-hybridized carbons (Fsp3) is 0. The Balaban J connectivity index is 1.29. The van der Waals surface area contributed by atoms with Crippen molar-refractivity contribution in [3.05, 3.63) is 164 Å². The number of nitrogens with one attached hydrogen (secondary N) is 1. The molecule has 0 heterocycles. The number of nitrogens with zero attached hydrogens (tertiary/aromatic N) is 1. The highest BCUT2D eigenvalue weighted by Gasteiger charge is 2.17. The average molecular weight is 513 g/mol. The van der Waals surface area contributed by atoms with Crippen molar-refractivity contribution in [2.24, 2.45) is 0 Å². The molecule has 0 amide bonds. The van der Waals surface area contributed by atoms with E-state index in [1.54, 1.807) is 0 Å². The fourth-order valence-corrected chi connectivity index (χ4v) is 5.45. The van der Waals surface area contributed by atoms with E-state index < -0.39 is 0 Å². The summed E-state index contributed by atoms with van der Waals surface area (Å²) in [7, 11) is 0. The highest BCUT2D eigenvalue weighted by Crippen LogP contribution is 2.42. The largest absolute Gasteiger partial charge is 0.356 e. The quantitative estimate of drug-likeness (QED) is 0.238. The van der Waals surface area contributed by atoms with Crippen LogP contribution in [0.3, 0.4) is 0 Å². The van der Waals surface area contributed by atoms with Crippen LogP contribution in [0.1, 0.15) is 0 Å². The van der Waals surface area contributed by atoms with E-state index in [0.29, 0.717) is 0 Å². The molecule has 0 atom stereocenters. The standard InChI is InChI=1S/C38H28N2/c1-2-14-32(15-3-1)39-33-24-20-28(21-25-33)29-22-26-34(27-23-29)40(37-18-8-12-30-10-4-6-16-35(30)37)38-19-9-13-31-11-5-7-17-36(31)38/h1-27,39H. The minimum absolute atomic E-state index is 1.07. The second-order valence-corrected chi connectivity index (χ2v) is 9.95. The summed E-state index contributed by atoms with van der Waals surface area (Å²) < 4.78 is 0. The Bertz CT molecular complexity index is 1820. The Kier molecular flexibility index (Phi) is 6.20. The maximum atomic E-state index is 3.47. The van der Waals surface area contributed by atoms with Gasteiger partial charge in [0.05, 0.1) is 11.4 Å². The van der Waals surface area contributed by atoms with Crippen LogP contribution in [-0.2, 0) is 0 Å². The van der Waals surface area contributed by atoms with E-state index >= 15 is 0 Å².